The van der Waals surface area contributed by atoms with Crippen LogP contribution in [0.1, 0.15) is 25.1 Å². The molecule has 0 radical (unpaired) electrons. The Hall–Kier alpha value is -2.43. The Kier molecular flexibility index (Phi) is 4.75. The van der Waals surface area contributed by atoms with E-state index in [1.165, 1.54) is 0 Å². The van der Waals surface area contributed by atoms with Crippen molar-refractivity contribution in [2.45, 2.75) is 26.8 Å². The fraction of sp³-hybridized carbons (Fsp3) is 0.353. The van der Waals surface area contributed by atoms with Gasteiger partial charge in [-0.3, -0.25) is 14.8 Å². The maximum absolute atomic E-state index is 12.7. The summed E-state index contributed by atoms with van der Waals surface area (Å²) in [6.07, 6.45) is 5.50. The van der Waals surface area contributed by atoms with Crippen LogP contribution in [-0.2, 0) is 17.8 Å². The molecule has 0 fully saturated rings. The summed E-state index contributed by atoms with van der Waals surface area (Å²) in [5, 5.41) is 9.33. The average molecular weight is 299 g/mol. The summed E-state index contributed by atoms with van der Waals surface area (Å²) >= 11 is 0. The predicted molar refractivity (Wildman–Crippen MR) is 84.1 cm³/mol. The van der Waals surface area contributed by atoms with Gasteiger partial charge in [-0.05, 0) is 24.1 Å². The van der Waals surface area contributed by atoms with Crippen LogP contribution in [0.5, 0.6) is 5.75 Å². The number of benzene rings is 1. The number of aromatic hydroxyl groups is 1. The monoisotopic (exact) mass is 299 g/mol. The number of rotatable bonds is 5. The summed E-state index contributed by atoms with van der Waals surface area (Å²) in [6, 6.07) is 6.96. The molecule has 0 aliphatic rings. The summed E-state index contributed by atoms with van der Waals surface area (Å²) in [5.74, 6) is 0.277. The number of carbonyl (C=O) groups is 1. The lowest BCUT2D eigenvalue weighted by Crippen LogP contribution is -2.39. The Morgan fingerprint density at radius 3 is 2.50 bits per heavy atom. The van der Waals surface area contributed by atoms with Gasteiger partial charge in [-0.25, -0.2) is 0 Å². The van der Waals surface area contributed by atoms with Crippen LogP contribution >= 0.6 is 0 Å². The van der Waals surface area contributed by atoms with E-state index < -0.39 is 5.41 Å². The number of hydrogen-bond acceptors (Lipinski definition) is 4. The molecule has 116 valence electrons. The van der Waals surface area contributed by atoms with Crippen molar-refractivity contribution in [3.05, 3.63) is 54.1 Å². The molecular formula is C17H21N3O2. The van der Waals surface area contributed by atoms with Crippen molar-refractivity contribution < 1.29 is 9.90 Å². The Balaban J connectivity index is 2.04. The van der Waals surface area contributed by atoms with Gasteiger partial charge >= 0.3 is 0 Å². The number of phenolic OH excluding ortho intramolecular Hbond substituents is 1. The van der Waals surface area contributed by atoms with Gasteiger partial charge in [-0.15, -0.1) is 0 Å². The molecule has 22 heavy (non-hydrogen) atoms. The first-order valence-corrected chi connectivity index (χ1v) is 7.17. The van der Waals surface area contributed by atoms with Gasteiger partial charge in [0.1, 0.15) is 5.75 Å². The molecule has 0 aliphatic carbocycles. The van der Waals surface area contributed by atoms with E-state index in [0.717, 1.165) is 11.3 Å². The van der Waals surface area contributed by atoms with E-state index in [2.05, 4.69) is 9.97 Å². The lowest BCUT2D eigenvalue weighted by Gasteiger charge is -2.29. The second-order valence-corrected chi connectivity index (χ2v) is 6.09. The van der Waals surface area contributed by atoms with Crippen molar-refractivity contribution in [2.24, 2.45) is 5.41 Å². The van der Waals surface area contributed by atoms with Gasteiger partial charge in [0.05, 0.1) is 18.4 Å². The van der Waals surface area contributed by atoms with Crippen LogP contribution in [0, 0.1) is 5.41 Å². The minimum absolute atomic E-state index is 0.0474. The molecule has 1 N–H and O–H groups in total. The highest BCUT2D eigenvalue weighted by Crippen LogP contribution is 2.25. The van der Waals surface area contributed by atoms with E-state index in [9.17, 15) is 9.90 Å². The molecule has 1 aromatic heterocycles. The predicted octanol–water partition coefficient (Wildman–Crippen LogP) is 2.41. The highest BCUT2D eigenvalue weighted by molar-refractivity contribution is 5.82. The zero-order valence-corrected chi connectivity index (χ0v) is 13.2. The molecule has 0 unspecified atom stereocenters. The summed E-state index contributed by atoms with van der Waals surface area (Å²) in [4.78, 5) is 22.5. The van der Waals surface area contributed by atoms with E-state index in [4.69, 9.17) is 0 Å². The second-order valence-electron chi connectivity index (χ2n) is 6.09. The van der Waals surface area contributed by atoms with Gasteiger partial charge < -0.3 is 10.0 Å². The van der Waals surface area contributed by atoms with Gasteiger partial charge in [0.25, 0.3) is 0 Å². The molecule has 0 spiro atoms. The van der Waals surface area contributed by atoms with Crippen molar-refractivity contribution in [1.82, 2.24) is 14.9 Å². The maximum atomic E-state index is 12.7. The third-order valence-electron chi connectivity index (χ3n) is 3.52. The van der Waals surface area contributed by atoms with E-state index in [1.54, 1.807) is 42.7 Å². The normalized spacial score (nSPS) is 11.2. The van der Waals surface area contributed by atoms with Crippen LogP contribution < -0.4 is 0 Å². The van der Waals surface area contributed by atoms with Gasteiger partial charge in [-0.1, -0.05) is 26.0 Å². The first kappa shape index (κ1) is 15.9. The third kappa shape index (κ3) is 4.04. The van der Waals surface area contributed by atoms with Crippen LogP contribution in [0.15, 0.2) is 42.9 Å². The first-order chi connectivity index (χ1) is 10.4. The molecule has 0 aliphatic heterocycles. The molecule has 1 heterocycles. The van der Waals surface area contributed by atoms with Crippen LogP contribution in [0.3, 0.4) is 0 Å². The van der Waals surface area contributed by atoms with E-state index >= 15 is 0 Å². The van der Waals surface area contributed by atoms with Gasteiger partial charge in [-0.2, -0.15) is 0 Å². The van der Waals surface area contributed by atoms with E-state index in [0.29, 0.717) is 13.0 Å². The van der Waals surface area contributed by atoms with Crippen molar-refractivity contribution in [3.63, 3.8) is 0 Å². The number of phenols is 1. The SMILES string of the molecule is CN(Cc1cnccn1)C(=O)C(C)(C)Cc1ccc(O)cc1. The fourth-order valence-corrected chi connectivity index (χ4v) is 2.44. The Labute approximate surface area is 130 Å². The van der Waals surface area contributed by atoms with Gasteiger partial charge in [0.2, 0.25) is 5.91 Å². The van der Waals surface area contributed by atoms with Gasteiger partial charge in [0.15, 0.2) is 0 Å². The molecular weight excluding hydrogens is 278 g/mol. The molecule has 5 nitrogen and oxygen atoms in total. The van der Waals surface area contributed by atoms with Crippen LogP contribution in [0.2, 0.25) is 0 Å². The number of aromatic nitrogens is 2. The second kappa shape index (κ2) is 6.56. The Morgan fingerprint density at radius 1 is 1.23 bits per heavy atom. The molecule has 0 saturated heterocycles. The maximum Gasteiger partial charge on any atom is 0.228 e. The number of carbonyl (C=O) groups excluding carboxylic acids is 1. The zero-order chi connectivity index (χ0) is 16.2. The largest absolute Gasteiger partial charge is 0.508 e. The molecule has 2 rings (SSSR count). The topological polar surface area (TPSA) is 66.3 Å². The molecule has 0 saturated carbocycles. The quantitative estimate of drug-likeness (QED) is 0.920. The highest BCUT2D eigenvalue weighted by Gasteiger charge is 2.30. The third-order valence-corrected chi connectivity index (χ3v) is 3.52. The minimum Gasteiger partial charge on any atom is -0.508 e. The van der Waals surface area contributed by atoms with Crippen molar-refractivity contribution >= 4 is 5.91 Å². The van der Waals surface area contributed by atoms with Crippen molar-refractivity contribution in [1.29, 1.82) is 0 Å². The van der Waals surface area contributed by atoms with Crippen LogP contribution in [-0.4, -0.2) is 32.9 Å². The van der Waals surface area contributed by atoms with E-state index in [-0.39, 0.29) is 11.7 Å². The van der Waals surface area contributed by atoms with Crippen molar-refractivity contribution in [2.75, 3.05) is 7.05 Å². The summed E-state index contributed by atoms with van der Waals surface area (Å²) in [5.41, 5.74) is 1.25. The molecule has 2 aromatic rings. The number of hydrogen-bond donors (Lipinski definition) is 1. The number of nitrogens with zero attached hydrogens (tertiary/aromatic N) is 3. The Bertz CT molecular complexity index is 624. The Morgan fingerprint density at radius 2 is 1.91 bits per heavy atom. The minimum atomic E-state index is -0.534. The smallest absolute Gasteiger partial charge is 0.228 e. The lowest BCUT2D eigenvalue weighted by molar-refractivity contribution is -0.139. The van der Waals surface area contributed by atoms with Crippen LogP contribution in [0.4, 0.5) is 0 Å². The summed E-state index contributed by atoms with van der Waals surface area (Å²) in [6.45, 7) is 4.29. The summed E-state index contributed by atoms with van der Waals surface area (Å²) in [7, 11) is 1.77. The average Bonchev–Trinajstić information content (AvgIpc) is 2.49. The summed E-state index contributed by atoms with van der Waals surface area (Å²) < 4.78 is 0. The first-order valence-electron chi connectivity index (χ1n) is 7.17. The lowest BCUT2D eigenvalue weighted by atomic mass is 9.84. The van der Waals surface area contributed by atoms with Crippen LogP contribution in [0.25, 0.3) is 0 Å². The number of amides is 1. The van der Waals surface area contributed by atoms with E-state index in [1.807, 2.05) is 26.0 Å². The molecule has 1 aromatic carbocycles. The zero-order valence-electron chi connectivity index (χ0n) is 13.2. The highest BCUT2D eigenvalue weighted by atomic mass is 16.3. The van der Waals surface area contributed by atoms with Gasteiger partial charge in [0, 0.05) is 24.9 Å². The molecule has 0 bridgehead atoms. The standard InChI is InChI=1S/C17H21N3O2/c1-17(2,10-13-4-6-15(21)7-5-13)16(22)20(3)12-14-11-18-8-9-19-14/h4-9,11,21H,10,12H2,1-3H3. The fourth-order valence-electron chi connectivity index (χ4n) is 2.44. The van der Waals surface area contributed by atoms with Crippen molar-refractivity contribution in [3.8, 4) is 5.75 Å². The molecule has 1 amide bonds. The molecule has 0 atom stereocenters. The molecule has 5 heteroatoms.